The normalized spacial score (nSPS) is 23.1. The van der Waals surface area contributed by atoms with Crippen molar-refractivity contribution in [2.24, 2.45) is 0 Å². The zero-order chi connectivity index (χ0) is 12.0. The highest BCUT2D eigenvalue weighted by Gasteiger charge is 2.40. The summed E-state index contributed by atoms with van der Waals surface area (Å²) in [6.07, 6.45) is 3.55. The van der Waals surface area contributed by atoms with E-state index in [1.54, 1.807) is 4.90 Å². The number of thioether (sulfide) groups is 1. The molecule has 3 heterocycles. The van der Waals surface area contributed by atoms with Gasteiger partial charge in [0.05, 0.1) is 0 Å². The van der Waals surface area contributed by atoms with Crippen molar-refractivity contribution in [2.75, 3.05) is 18.1 Å². The van der Waals surface area contributed by atoms with E-state index in [0.717, 1.165) is 17.2 Å². The van der Waals surface area contributed by atoms with Gasteiger partial charge in [0.25, 0.3) is 5.91 Å². The standard InChI is InChI=1S/C10H11N3O2S2/c1-16-10-12-7-6(17-10)9(15)13-4-2-3-5(13)8(14)11-7/h5H,2-4H2,1H3,(H,11,14)/t5-/m0/s1. The molecule has 0 aliphatic carbocycles. The van der Waals surface area contributed by atoms with Crippen LogP contribution in [-0.2, 0) is 4.79 Å². The summed E-state index contributed by atoms with van der Waals surface area (Å²) < 4.78 is 0.807. The molecule has 1 fully saturated rings. The fourth-order valence-electron chi connectivity index (χ4n) is 2.23. The van der Waals surface area contributed by atoms with Crippen LogP contribution < -0.4 is 5.32 Å². The first kappa shape index (κ1) is 11.0. The average molecular weight is 269 g/mol. The second kappa shape index (κ2) is 3.99. The molecule has 90 valence electrons. The Labute approximate surface area is 107 Å². The first-order chi connectivity index (χ1) is 8.20. The molecule has 0 spiro atoms. The average Bonchev–Trinajstić information content (AvgIpc) is 2.92. The number of nitrogens with zero attached hydrogens (tertiary/aromatic N) is 2. The van der Waals surface area contributed by atoms with Crippen LogP contribution in [0.3, 0.4) is 0 Å². The quantitative estimate of drug-likeness (QED) is 0.783. The molecule has 1 atom stereocenters. The second-order valence-corrected chi connectivity index (χ2v) is 6.06. The van der Waals surface area contributed by atoms with Crippen molar-refractivity contribution in [3.05, 3.63) is 4.88 Å². The lowest BCUT2D eigenvalue weighted by Crippen LogP contribution is -2.40. The van der Waals surface area contributed by atoms with Crippen LogP contribution >= 0.6 is 23.1 Å². The molecule has 0 radical (unpaired) electrons. The molecule has 3 rings (SSSR count). The molecule has 7 heteroatoms. The summed E-state index contributed by atoms with van der Waals surface area (Å²) in [4.78, 5) is 30.7. The molecule has 0 unspecified atom stereocenters. The lowest BCUT2D eigenvalue weighted by Gasteiger charge is -2.19. The van der Waals surface area contributed by atoms with Crippen molar-refractivity contribution in [2.45, 2.75) is 23.2 Å². The van der Waals surface area contributed by atoms with E-state index in [1.807, 2.05) is 6.26 Å². The molecule has 0 saturated carbocycles. The number of hydrogen-bond donors (Lipinski definition) is 1. The number of anilines is 1. The number of aromatic nitrogens is 1. The Bertz CT molecular complexity index is 500. The Balaban J connectivity index is 2.06. The van der Waals surface area contributed by atoms with E-state index in [4.69, 9.17) is 0 Å². The van der Waals surface area contributed by atoms with Crippen molar-refractivity contribution < 1.29 is 9.59 Å². The maximum absolute atomic E-state index is 12.3. The number of rotatable bonds is 1. The smallest absolute Gasteiger partial charge is 0.268 e. The largest absolute Gasteiger partial charge is 0.326 e. The molecule has 0 aromatic carbocycles. The van der Waals surface area contributed by atoms with Gasteiger partial charge >= 0.3 is 0 Å². The van der Waals surface area contributed by atoms with Gasteiger partial charge in [0.15, 0.2) is 10.2 Å². The van der Waals surface area contributed by atoms with Crippen LogP contribution in [0.2, 0.25) is 0 Å². The van der Waals surface area contributed by atoms with Crippen molar-refractivity contribution in [1.29, 1.82) is 0 Å². The molecule has 0 bridgehead atoms. The van der Waals surface area contributed by atoms with Gasteiger partial charge in [-0.25, -0.2) is 4.98 Å². The summed E-state index contributed by atoms with van der Waals surface area (Å²) >= 11 is 2.84. The predicted molar refractivity (Wildman–Crippen MR) is 66.6 cm³/mol. The maximum atomic E-state index is 12.3. The van der Waals surface area contributed by atoms with Gasteiger partial charge in [0, 0.05) is 6.54 Å². The van der Waals surface area contributed by atoms with E-state index in [-0.39, 0.29) is 17.9 Å². The minimum Gasteiger partial charge on any atom is -0.326 e. The van der Waals surface area contributed by atoms with Gasteiger partial charge in [-0.05, 0) is 19.1 Å². The Hall–Kier alpha value is -1.08. The van der Waals surface area contributed by atoms with E-state index >= 15 is 0 Å². The first-order valence-electron chi connectivity index (χ1n) is 5.37. The number of carbonyl (C=O) groups excluding carboxylic acids is 2. The molecule has 5 nitrogen and oxygen atoms in total. The molecular formula is C10H11N3O2S2. The van der Waals surface area contributed by atoms with Crippen molar-refractivity contribution in [3.8, 4) is 0 Å². The van der Waals surface area contributed by atoms with Gasteiger partial charge in [-0.15, -0.1) is 11.3 Å². The molecule has 2 amide bonds. The molecule has 1 aromatic rings. The van der Waals surface area contributed by atoms with Crippen LogP contribution in [0.25, 0.3) is 0 Å². The monoisotopic (exact) mass is 269 g/mol. The molecule has 1 aromatic heterocycles. The predicted octanol–water partition coefficient (Wildman–Crippen LogP) is 1.42. The zero-order valence-corrected chi connectivity index (χ0v) is 10.9. The molecule has 2 aliphatic heterocycles. The van der Waals surface area contributed by atoms with Crippen LogP contribution in [-0.4, -0.2) is 40.5 Å². The van der Waals surface area contributed by atoms with Crippen LogP contribution in [0.1, 0.15) is 22.5 Å². The minimum absolute atomic E-state index is 0.0568. The summed E-state index contributed by atoms with van der Waals surface area (Å²) in [5.74, 6) is 0.273. The summed E-state index contributed by atoms with van der Waals surface area (Å²) in [5, 5.41) is 2.76. The third-order valence-electron chi connectivity index (χ3n) is 3.03. The fourth-order valence-corrected chi connectivity index (χ4v) is 3.71. The van der Waals surface area contributed by atoms with Crippen molar-refractivity contribution in [1.82, 2.24) is 9.88 Å². The maximum Gasteiger partial charge on any atom is 0.268 e. The summed E-state index contributed by atoms with van der Waals surface area (Å²) in [6.45, 7) is 0.670. The Morgan fingerprint density at radius 1 is 1.53 bits per heavy atom. The number of hydrogen-bond acceptors (Lipinski definition) is 5. The van der Waals surface area contributed by atoms with E-state index < -0.39 is 0 Å². The molecule has 1 saturated heterocycles. The highest BCUT2D eigenvalue weighted by atomic mass is 32.2. The second-order valence-electron chi connectivity index (χ2n) is 4.01. The summed E-state index contributed by atoms with van der Waals surface area (Å²) in [6, 6.07) is -0.304. The Morgan fingerprint density at radius 3 is 3.12 bits per heavy atom. The van der Waals surface area contributed by atoms with Gasteiger partial charge in [-0.2, -0.15) is 0 Å². The third-order valence-corrected chi connectivity index (χ3v) is 5.06. The van der Waals surface area contributed by atoms with Gasteiger partial charge in [-0.1, -0.05) is 11.8 Å². The van der Waals surface area contributed by atoms with E-state index in [1.165, 1.54) is 23.1 Å². The third kappa shape index (κ3) is 1.64. The fraction of sp³-hybridized carbons (Fsp3) is 0.500. The highest BCUT2D eigenvalue weighted by Crippen LogP contribution is 2.34. The molecule has 17 heavy (non-hydrogen) atoms. The highest BCUT2D eigenvalue weighted by molar-refractivity contribution is 8.00. The van der Waals surface area contributed by atoms with Crippen molar-refractivity contribution in [3.63, 3.8) is 0 Å². The van der Waals surface area contributed by atoms with E-state index in [2.05, 4.69) is 10.3 Å². The zero-order valence-electron chi connectivity index (χ0n) is 9.23. The number of carbonyl (C=O) groups is 2. The Morgan fingerprint density at radius 2 is 2.35 bits per heavy atom. The number of thiazole rings is 1. The lowest BCUT2D eigenvalue weighted by atomic mass is 10.2. The number of amides is 2. The van der Waals surface area contributed by atoms with Crippen LogP contribution in [0.4, 0.5) is 5.82 Å². The van der Waals surface area contributed by atoms with E-state index in [9.17, 15) is 9.59 Å². The van der Waals surface area contributed by atoms with E-state index in [0.29, 0.717) is 17.2 Å². The first-order valence-corrected chi connectivity index (χ1v) is 7.41. The SMILES string of the molecule is CSc1nc2c(s1)C(=O)N1CCC[C@H]1C(=O)N2. The minimum atomic E-state index is -0.304. The summed E-state index contributed by atoms with van der Waals surface area (Å²) in [5.41, 5.74) is 0. The van der Waals surface area contributed by atoms with Crippen LogP contribution in [0.5, 0.6) is 0 Å². The van der Waals surface area contributed by atoms with Crippen LogP contribution in [0, 0.1) is 0 Å². The van der Waals surface area contributed by atoms with Crippen molar-refractivity contribution >= 4 is 40.7 Å². The summed E-state index contributed by atoms with van der Waals surface area (Å²) in [7, 11) is 0. The Kier molecular flexibility index (Phi) is 2.59. The molecular weight excluding hydrogens is 258 g/mol. The topological polar surface area (TPSA) is 62.3 Å². The van der Waals surface area contributed by atoms with Gasteiger partial charge in [0.2, 0.25) is 5.91 Å². The van der Waals surface area contributed by atoms with Gasteiger partial charge in [0.1, 0.15) is 10.9 Å². The molecule has 1 N–H and O–H groups in total. The van der Waals surface area contributed by atoms with Gasteiger partial charge in [-0.3, -0.25) is 9.59 Å². The molecule has 2 aliphatic rings. The number of nitrogens with one attached hydrogen (secondary N) is 1. The lowest BCUT2D eigenvalue weighted by molar-refractivity contribution is -0.119. The van der Waals surface area contributed by atoms with Gasteiger partial charge < -0.3 is 10.2 Å². The van der Waals surface area contributed by atoms with Crippen LogP contribution in [0.15, 0.2) is 4.34 Å². The number of fused-ring (bicyclic) bond motifs is 2.